The fraction of sp³-hybridized carbons (Fsp3) is 0.611. The van der Waals surface area contributed by atoms with Gasteiger partial charge in [0.2, 0.25) is 5.91 Å². The van der Waals surface area contributed by atoms with Crippen LogP contribution in [0.25, 0.3) is 0 Å². The van der Waals surface area contributed by atoms with Crippen LogP contribution in [0.2, 0.25) is 5.02 Å². The molecule has 1 aromatic carbocycles. The van der Waals surface area contributed by atoms with Gasteiger partial charge in [-0.15, -0.1) is 12.4 Å². The van der Waals surface area contributed by atoms with Crippen LogP contribution < -0.4 is 11.1 Å². The Morgan fingerprint density at radius 3 is 2.54 bits per heavy atom. The molecule has 0 spiro atoms. The standard InChI is InChI=1S/C18H24ClFN2O.ClH/c1-10(16-14(19)6-3-7-15(16)20)22-18(23)13-8-11-4-2-5-12(9-13)17(11)21;/h3,6-7,10-13,17H,2,4-5,8-9,21H2,1H3,(H,22,23);1H. The molecule has 2 bridgehead atoms. The van der Waals surface area contributed by atoms with E-state index in [4.69, 9.17) is 17.3 Å². The number of rotatable bonds is 3. The Balaban J connectivity index is 0.00000208. The molecule has 0 aromatic heterocycles. The number of hydrogen-bond acceptors (Lipinski definition) is 2. The summed E-state index contributed by atoms with van der Waals surface area (Å²) in [5.41, 5.74) is 6.64. The van der Waals surface area contributed by atoms with E-state index in [2.05, 4.69) is 5.32 Å². The second-order valence-electron chi connectivity index (χ2n) is 7.06. The molecule has 24 heavy (non-hydrogen) atoms. The quantitative estimate of drug-likeness (QED) is 0.831. The summed E-state index contributed by atoms with van der Waals surface area (Å²) in [7, 11) is 0. The van der Waals surface area contributed by atoms with Gasteiger partial charge < -0.3 is 11.1 Å². The Morgan fingerprint density at radius 1 is 1.33 bits per heavy atom. The maximum absolute atomic E-state index is 14.0. The third-order valence-electron chi connectivity index (χ3n) is 5.58. The lowest BCUT2D eigenvalue weighted by Crippen LogP contribution is -2.49. The summed E-state index contributed by atoms with van der Waals surface area (Å²) in [6.45, 7) is 1.78. The van der Waals surface area contributed by atoms with E-state index in [1.807, 2.05) is 0 Å². The van der Waals surface area contributed by atoms with Crippen molar-refractivity contribution in [1.82, 2.24) is 5.32 Å². The maximum Gasteiger partial charge on any atom is 0.223 e. The van der Waals surface area contributed by atoms with Crippen LogP contribution in [0, 0.1) is 23.6 Å². The highest BCUT2D eigenvalue weighted by Crippen LogP contribution is 2.42. The molecule has 134 valence electrons. The Labute approximate surface area is 153 Å². The van der Waals surface area contributed by atoms with Crippen LogP contribution >= 0.6 is 24.0 Å². The molecular formula is C18H25Cl2FN2O. The first kappa shape index (κ1) is 19.5. The van der Waals surface area contributed by atoms with Gasteiger partial charge in [-0.3, -0.25) is 4.79 Å². The lowest BCUT2D eigenvalue weighted by Gasteiger charge is -2.43. The zero-order valence-electron chi connectivity index (χ0n) is 13.8. The minimum Gasteiger partial charge on any atom is -0.349 e. The molecule has 1 amide bonds. The van der Waals surface area contributed by atoms with Crippen LogP contribution in [0.4, 0.5) is 4.39 Å². The van der Waals surface area contributed by atoms with Crippen LogP contribution in [-0.4, -0.2) is 11.9 Å². The van der Waals surface area contributed by atoms with Crippen molar-refractivity contribution in [2.24, 2.45) is 23.5 Å². The third kappa shape index (κ3) is 3.87. The monoisotopic (exact) mass is 374 g/mol. The minimum atomic E-state index is -0.438. The molecular weight excluding hydrogens is 350 g/mol. The lowest BCUT2D eigenvalue weighted by molar-refractivity contribution is -0.128. The van der Waals surface area contributed by atoms with Crippen LogP contribution in [0.3, 0.4) is 0 Å². The van der Waals surface area contributed by atoms with Gasteiger partial charge in [0.05, 0.1) is 6.04 Å². The summed E-state index contributed by atoms with van der Waals surface area (Å²) >= 11 is 6.08. The van der Waals surface area contributed by atoms with Gasteiger partial charge in [0.1, 0.15) is 5.82 Å². The minimum absolute atomic E-state index is 0. The fourth-order valence-electron chi connectivity index (χ4n) is 4.33. The molecule has 0 saturated heterocycles. The first-order chi connectivity index (χ1) is 11.0. The van der Waals surface area contributed by atoms with Crippen LogP contribution in [0.15, 0.2) is 18.2 Å². The number of benzene rings is 1. The van der Waals surface area contributed by atoms with Crippen LogP contribution in [-0.2, 0) is 4.79 Å². The maximum atomic E-state index is 14.0. The van der Waals surface area contributed by atoms with Gasteiger partial charge >= 0.3 is 0 Å². The summed E-state index contributed by atoms with van der Waals surface area (Å²) in [6.07, 6.45) is 5.16. The van der Waals surface area contributed by atoms with E-state index in [9.17, 15) is 9.18 Å². The Bertz CT molecular complexity index is 564. The molecule has 1 aromatic rings. The molecule has 2 fully saturated rings. The van der Waals surface area contributed by atoms with E-state index in [1.54, 1.807) is 19.1 Å². The Kier molecular flexibility index (Phi) is 6.52. The van der Waals surface area contributed by atoms with Crippen molar-refractivity contribution >= 4 is 29.9 Å². The molecule has 6 heteroatoms. The molecule has 3 unspecified atom stereocenters. The molecule has 3 rings (SSSR count). The van der Waals surface area contributed by atoms with Crippen molar-refractivity contribution in [1.29, 1.82) is 0 Å². The predicted octanol–water partition coefficient (Wildman–Crippen LogP) is 4.23. The number of amides is 1. The van der Waals surface area contributed by atoms with Gasteiger partial charge in [-0.05, 0) is 56.6 Å². The van der Waals surface area contributed by atoms with E-state index in [-0.39, 0.29) is 36.1 Å². The first-order valence-electron chi connectivity index (χ1n) is 8.47. The topological polar surface area (TPSA) is 55.1 Å². The molecule has 3 nitrogen and oxygen atoms in total. The lowest BCUT2D eigenvalue weighted by atomic mass is 9.65. The Hall–Kier alpha value is -0.840. The average Bonchev–Trinajstić information content (AvgIpc) is 2.46. The smallest absolute Gasteiger partial charge is 0.223 e. The average molecular weight is 375 g/mol. The van der Waals surface area contributed by atoms with Crippen LogP contribution in [0.5, 0.6) is 0 Å². The molecule has 2 aliphatic rings. The largest absolute Gasteiger partial charge is 0.349 e. The van der Waals surface area contributed by atoms with E-state index < -0.39 is 6.04 Å². The van der Waals surface area contributed by atoms with Gasteiger partial charge in [0, 0.05) is 22.5 Å². The van der Waals surface area contributed by atoms with Crippen molar-refractivity contribution in [3.05, 3.63) is 34.6 Å². The zero-order valence-corrected chi connectivity index (χ0v) is 15.4. The number of carbonyl (C=O) groups is 1. The highest BCUT2D eigenvalue weighted by Gasteiger charge is 2.40. The molecule has 0 heterocycles. The van der Waals surface area contributed by atoms with Gasteiger partial charge in [0.15, 0.2) is 0 Å². The van der Waals surface area contributed by atoms with Crippen molar-refractivity contribution in [3.63, 3.8) is 0 Å². The number of nitrogens with two attached hydrogens (primary N) is 1. The molecule has 3 atom stereocenters. The zero-order chi connectivity index (χ0) is 16.6. The highest BCUT2D eigenvalue weighted by molar-refractivity contribution is 6.31. The van der Waals surface area contributed by atoms with E-state index in [1.165, 1.54) is 12.5 Å². The van der Waals surface area contributed by atoms with E-state index >= 15 is 0 Å². The highest BCUT2D eigenvalue weighted by atomic mass is 35.5. The van der Waals surface area contributed by atoms with Gasteiger partial charge in [-0.2, -0.15) is 0 Å². The van der Waals surface area contributed by atoms with Gasteiger partial charge in [-0.1, -0.05) is 24.1 Å². The Morgan fingerprint density at radius 2 is 1.96 bits per heavy atom. The summed E-state index contributed by atoms with van der Waals surface area (Å²) in [5, 5.41) is 3.30. The van der Waals surface area contributed by atoms with Gasteiger partial charge in [0.25, 0.3) is 0 Å². The summed E-state index contributed by atoms with van der Waals surface area (Å²) < 4.78 is 14.0. The second kappa shape index (κ2) is 8.03. The summed E-state index contributed by atoms with van der Waals surface area (Å²) in [5.74, 6) is 0.503. The molecule has 0 aliphatic heterocycles. The SMILES string of the molecule is CC(NC(=O)C1CC2CCCC(C1)C2N)c1c(F)cccc1Cl.Cl. The normalized spacial score (nSPS) is 30.2. The number of halogens is 3. The van der Waals surface area contributed by atoms with Crippen molar-refractivity contribution in [3.8, 4) is 0 Å². The third-order valence-corrected chi connectivity index (χ3v) is 5.90. The van der Waals surface area contributed by atoms with Crippen LogP contribution in [0.1, 0.15) is 50.6 Å². The predicted molar refractivity (Wildman–Crippen MR) is 96.7 cm³/mol. The van der Waals surface area contributed by atoms with Crippen molar-refractivity contribution in [2.75, 3.05) is 0 Å². The number of nitrogens with one attached hydrogen (secondary N) is 1. The number of fused-ring (bicyclic) bond motifs is 2. The van der Waals surface area contributed by atoms with E-state index in [0.29, 0.717) is 22.4 Å². The molecule has 0 radical (unpaired) electrons. The fourth-order valence-corrected chi connectivity index (χ4v) is 4.66. The van der Waals surface area contributed by atoms with E-state index in [0.717, 1.165) is 25.7 Å². The number of carbonyl (C=O) groups excluding carboxylic acids is 1. The molecule has 2 saturated carbocycles. The molecule has 2 aliphatic carbocycles. The second-order valence-corrected chi connectivity index (χ2v) is 7.47. The van der Waals surface area contributed by atoms with Crippen molar-refractivity contribution in [2.45, 2.75) is 51.1 Å². The number of hydrogen-bond donors (Lipinski definition) is 2. The van der Waals surface area contributed by atoms with Gasteiger partial charge in [-0.25, -0.2) is 4.39 Å². The first-order valence-corrected chi connectivity index (χ1v) is 8.85. The van der Waals surface area contributed by atoms with Crippen molar-refractivity contribution < 1.29 is 9.18 Å². The summed E-state index contributed by atoms with van der Waals surface area (Å²) in [6, 6.07) is 4.39. The molecule has 3 N–H and O–H groups in total. The summed E-state index contributed by atoms with van der Waals surface area (Å²) in [4.78, 5) is 12.6.